The zero-order chi connectivity index (χ0) is 23.4. The lowest BCUT2D eigenvalue weighted by molar-refractivity contribution is -0.122. The number of nitrogens with one attached hydrogen (secondary N) is 1. The van der Waals surface area contributed by atoms with E-state index in [0.29, 0.717) is 18.8 Å². The van der Waals surface area contributed by atoms with Crippen LogP contribution in [-0.2, 0) is 14.8 Å². The second kappa shape index (κ2) is 10.0. The number of benzene rings is 3. The Morgan fingerprint density at radius 1 is 0.879 bits per heavy atom. The third kappa shape index (κ3) is 5.25. The van der Waals surface area contributed by atoms with Crippen molar-refractivity contribution in [2.24, 2.45) is 0 Å². The number of sulfonamides is 1. The minimum Gasteiger partial charge on any atom is -0.324 e. The summed E-state index contributed by atoms with van der Waals surface area (Å²) in [6.45, 7) is 1.17. The summed E-state index contributed by atoms with van der Waals surface area (Å²) in [5, 5.41) is 3.02. The second-order valence-electron chi connectivity index (χ2n) is 7.68. The quantitative estimate of drug-likeness (QED) is 0.566. The molecule has 0 spiro atoms. The average Bonchev–Trinajstić information content (AvgIpc) is 2.82. The minimum atomic E-state index is -3.74. The fraction of sp³-hybridized carbons (Fsp3) is 0.208. The van der Waals surface area contributed by atoms with Crippen LogP contribution in [0.1, 0.15) is 11.6 Å². The number of piperazine rings is 1. The van der Waals surface area contributed by atoms with Gasteiger partial charge in [0.1, 0.15) is 16.8 Å². The van der Waals surface area contributed by atoms with Gasteiger partial charge in [0.2, 0.25) is 15.9 Å². The molecule has 1 atom stereocenters. The van der Waals surface area contributed by atoms with E-state index >= 15 is 0 Å². The Hall–Kier alpha value is -2.78. The van der Waals surface area contributed by atoms with E-state index in [4.69, 9.17) is 11.6 Å². The van der Waals surface area contributed by atoms with Crippen LogP contribution < -0.4 is 5.32 Å². The van der Waals surface area contributed by atoms with Crippen LogP contribution in [0.5, 0.6) is 0 Å². The van der Waals surface area contributed by atoms with E-state index in [1.54, 1.807) is 18.2 Å². The first-order valence-corrected chi connectivity index (χ1v) is 12.3. The molecule has 0 bridgehead atoms. The number of nitrogens with zero attached hydrogens (tertiary/aromatic N) is 2. The molecule has 33 heavy (non-hydrogen) atoms. The molecule has 1 saturated heterocycles. The number of amides is 1. The van der Waals surface area contributed by atoms with Crippen molar-refractivity contribution in [1.29, 1.82) is 0 Å². The van der Waals surface area contributed by atoms with E-state index in [0.717, 1.165) is 5.56 Å². The second-order valence-corrected chi connectivity index (χ2v) is 9.99. The van der Waals surface area contributed by atoms with Gasteiger partial charge in [-0.3, -0.25) is 9.69 Å². The molecule has 6 nitrogen and oxygen atoms in total. The fourth-order valence-corrected chi connectivity index (χ4v) is 5.82. The van der Waals surface area contributed by atoms with Gasteiger partial charge in [0.25, 0.3) is 0 Å². The molecule has 3 aromatic rings. The van der Waals surface area contributed by atoms with Crippen molar-refractivity contribution >= 4 is 33.2 Å². The van der Waals surface area contributed by atoms with Gasteiger partial charge in [-0.05, 0) is 42.0 Å². The maximum atomic E-state index is 13.2. The summed E-state index contributed by atoms with van der Waals surface area (Å²) < 4.78 is 40.8. The van der Waals surface area contributed by atoms with Crippen molar-refractivity contribution in [3.05, 3.63) is 95.3 Å². The van der Waals surface area contributed by atoms with Gasteiger partial charge in [-0.2, -0.15) is 4.31 Å². The summed E-state index contributed by atoms with van der Waals surface area (Å²) in [6, 6.07) is 20.6. The van der Waals surface area contributed by atoms with Gasteiger partial charge < -0.3 is 5.32 Å². The molecule has 3 aromatic carbocycles. The summed E-state index contributed by atoms with van der Waals surface area (Å²) in [5.74, 6) is -0.654. The minimum absolute atomic E-state index is 0.0776. The standard InChI is InChI=1S/C24H23ClFN3O3S/c25-21-8-4-5-9-22(21)33(31,32)29-16-14-28(15-17-29)23(18-6-2-1-3-7-18)24(30)27-20-12-10-19(26)11-13-20/h1-13,23H,14-17H2,(H,27,30)/t23-/m1/s1. The molecule has 0 aromatic heterocycles. The number of halogens is 2. The van der Waals surface area contributed by atoms with Gasteiger partial charge in [0.05, 0.1) is 5.02 Å². The van der Waals surface area contributed by atoms with Gasteiger partial charge >= 0.3 is 0 Å². The lowest BCUT2D eigenvalue weighted by Crippen LogP contribution is -2.51. The Labute approximate surface area is 197 Å². The Balaban J connectivity index is 1.53. The molecule has 4 rings (SSSR count). The predicted molar refractivity (Wildman–Crippen MR) is 126 cm³/mol. The molecule has 1 aliphatic heterocycles. The van der Waals surface area contributed by atoms with E-state index < -0.39 is 16.1 Å². The Bertz CT molecular complexity index is 1220. The van der Waals surface area contributed by atoms with E-state index in [1.807, 2.05) is 35.2 Å². The van der Waals surface area contributed by atoms with E-state index in [1.165, 1.54) is 34.6 Å². The fourth-order valence-electron chi connectivity index (χ4n) is 3.90. The zero-order valence-corrected chi connectivity index (χ0v) is 19.3. The summed E-state index contributed by atoms with van der Waals surface area (Å²) in [6.07, 6.45) is 0. The van der Waals surface area contributed by atoms with Crippen LogP contribution in [0.25, 0.3) is 0 Å². The van der Waals surface area contributed by atoms with E-state index in [-0.39, 0.29) is 34.7 Å². The highest BCUT2D eigenvalue weighted by atomic mass is 35.5. The summed E-state index contributed by atoms with van der Waals surface area (Å²) in [7, 11) is -3.74. The molecule has 0 unspecified atom stereocenters. The van der Waals surface area contributed by atoms with Crippen molar-refractivity contribution in [2.75, 3.05) is 31.5 Å². The van der Waals surface area contributed by atoms with Crippen molar-refractivity contribution in [3.8, 4) is 0 Å². The molecule has 1 aliphatic rings. The van der Waals surface area contributed by atoms with Crippen LogP contribution in [0.4, 0.5) is 10.1 Å². The molecule has 9 heteroatoms. The smallest absolute Gasteiger partial charge is 0.246 e. The van der Waals surface area contributed by atoms with Crippen LogP contribution in [0.3, 0.4) is 0 Å². The topological polar surface area (TPSA) is 69.7 Å². The van der Waals surface area contributed by atoms with Crippen LogP contribution in [0.15, 0.2) is 83.8 Å². The van der Waals surface area contributed by atoms with Crippen molar-refractivity contribution in [3.63, 3.8) is 0 Å². The summed E-state index contributed by atoms with van der Waals surface area (Å²) >= 11 is 6.12. The number of carbonyl (C=O) groups is 1. The number of carbonyl (C=O) groups excluding carboxylic acids is 1. The first-order chi connectivity index (χ1) is 15.9. The van der Waals surface area contributed by atoms with Crippen LogP contribution in [0, 0.1) is 5.82 Å². The summed E-state index contributed by atoms with van der Waals surface area (Å²) in [5.41, 5.74) is 1.28. The highest BCUT2D eigenvalue weighted by Gasteiger charge is 2.35. The van der Waals surface area contributed by atoms with Crippen molar-refractivity contribution < 1.29 is 17.6 Å². The van der Waals surface area contributed by atoms with Gasteiger partial charge in [-0.15, -0.1) is 0 Å². The Morgan fingerprint density at radius 3 is 2.12 bits per heavy atom. The lowest BCUT2D eigenvalue weighted by atomic mass is 10.0. The zero-order valence-electron chi connectivity index (χ0n) is 17.7. The molecule has 0 saturated carbocycles. The van der Waals surface area contributed by atoms with Crippen molar-refractivity contribution in [2.45, 2.75) is 10.9 Å². The third-order valence-corrected chi connectivity index (χ3v) is 7.97. The molecule has 1 N–H and O–H groups in total. The van der Waals surface area contributed by atoms with E-state index in [9.17, 15) is 17.6 Å². The van der Waals surface area contributed by atoms with Crippen LogP contribution in [-0.4, -0.2) is 49.7 Å². The Kier molecular flexibility index (Phi) is 7.09. The predicted octanol–water partition coefficient (Wildman–Crippen LogP) is 4.17. The number of anilines is 1. The molecule has 172 valence electrons. The molecular weight excluding hydrogens is 465 g/mol. The maximum Gasteiger partial charge on any atom is 0.246 e. The van der Waals surface area contributed by atoms with Crippen LogP contribution >= 0.6 is 11.6 Å². The molecular formula is C24H23ClFN3O3S. The maximum absolute atomic E-state index is 13.2. The molecule has 1 amide bonds. The highest BCUT2D eigenvalue weighted by Crippen LogP contribution is 2.28. The highest BCUT2D eigenvalue weighted by molar-refractivity contribution is 7.89. The first-order valence-electron chi connectivity index (χ1n) is 10.5. The Morgan fingerprint density at radius 2 is 1.48 bits per heavy atom. The monoisotopic (exact) mass is 487 g/mol. The van der Waals surface area contributed by atoms with Crippen molar-refractivity contribution in [1.82, 2.24) is 9.21 Å². The first kappa shape index (κ1) is 23.4. The molecule has 1 fully saturated rings. The third-order valence-electron chi connectivity index (χ3n) is 5.57. The van der Waals surface area contributed by atoms with Gasteiger partial charge in [-0.1, -0.05) is 54.1 Å². The van der Waals surface area contributed by atoms with Gasteiger partial charge in [0.15, 0.2) is 0 Å². The van der Waals surface area contributed by atoms with Gasteiger partial charge in [0, 0.05) is 31.9 Å². The van der Waals surface area contributed by atoms with Crippen LogP contribution in [0.2, 0.25) is 5.02 Å². The normalized spacial score (nSPS) is 16.3. The number of hydrogen-bond donors (Lipinski definition) is 1. The molecule has 0 radical (unpaired) electrons. The molecule has 1 heterocycles. The SMILES string of the molecule is O=C(Nc1ccc(F)cc1)[C@@H](c1ccccc1)N1CCN(S(=O)(=O)c2ccccc2Cl)CC1. The summed E-state index contributed by atoms with van der Waals surface area (Å²) in [4.78, 5) is 15.3. The largest absolute Gasteiger partial charge is 0.324 e. The van der Waals surface area contributed by atoms with E-state index in [2.05, 4.69) is 5.32 Å². The van der Waals surface area contributed by atoms with Gasteiger partial charge in [-0.25, -0.2) is 12.8 Å². The molecule has 0 aliphatic carbocycles. The lowest BCUT2D eigenvalue weighted by Gasteiger charge is -2.38. The number of rotatable bonds is 6. The average molecular weight is 488 g/mol. The number of hydrogen-bond acceptors (Lipinski definition) is 4.